The van der Waals surface area contributed by atoms with Crippen LogP contribution >= 0.6 is 0 Å². The fourth-order valence-corrected chi connectivity index (χ4v) is 2.21. The third kappa shape index (κ3) is 2.57. The van der Waals surface area contributed by atoms with Crippen LogP contribution in [0.1, 0.15) is 0 Å². The number of hydrogen-bond donors (Lipinski definition) is 0. The molecule has 0 aliphatic rings. The van der Waals surface area contributed by atoms with Gasteiger partial charge < -0.3 is 4.74 Å². The van der Waals surface area contributed by atoms with Gasteiger partial charge in [-0.2, -0.15) is 0 Å². The van der Waals surface area contributed by atoms with E-state index in [1.165, 1.54) is 11.1 Å². The van der Waals surface area contributed by atoms with Gasteiger partial charge in [0, 0.05) is 0 Å². The monoisotopic (exact) mass is 259 g/mol. The minimum Gasteiger partial charge on any atom is -0.497 e. The van der Waals surface area contributed by atoms with Crippen LogP contribution in [0.3, 0.4) is 0 Å². The molecule has 0 fully saturated rings. The lowest BCUT2D eigenvalue weighted by Crippen LogP contribution is -1.84. The van der Waals surface area contributed by atoms with Crippen LogP contribution in [0.25, 0.3) is 22.3 Å². The summed E-state index contributed by atoms with van der Waals surface area (Å²) in [5.74, 6) is 0.853. The van der Waals surface area contributed by atoms with E-state index in [-0.39, 0.29) is 0 Å². The lowest BCUT2D eigenvalue weighted by molar-refractivity contribution is 0.415. The second-order valence-corrected chi connectivity index (χ2v) is 4.59. The summed E-state index contributed by atoms with van der Waals surface area (Å²) < 4.78 is 5.25. The Labute approximate surface area is 119 Å². The van der Waals surface area contributed by atoms with Crippen molar-refractivity contribution in [1.29, 1.82) is 0 Å². The average Bonchev–Trinajstić information content (AvgIpc) is 2.56. The summed E-state index contributed by atoms with van der Waals surface area (Å²) in [6.45, 7) is 0. The molecule has 0 saturated heterocycles. The average molecular weight is 259 g/mol. The Balaban J connectivity index is 1.93. The summed E-state index contributed by atoms with van der Waals surface area (Å²) in [4.78, 5) is 0. The molecule has 3 aromatic carbocycles. The fourth-order valence-electron chi connectivity index (χ4n) is 2.21. The van der Waals surface area contributed by atoms with Crippen LogP contribution in [0.4, 0.5) is 0 Å². The molecule has 0 aromatic heterocycles. The molecular weight excluding hydrogens is 244 g/mol. The quantitative estimate of drug-likeness (QED) is 0.654. The maximum Gasteiger partial charge on any atom is 0.119 e. The molecule has 0 amide bonds. The van der Waals surface area contributed by atoms with E-state index < -0.39 is 0 Å². The van der Waals surface area contributed by atoms with Gasteiger partial charge in [0.1, 0.15) is 5.75 Å². The highest BCUT2D eigenvalue weighted by Gasteiger charge is 2.01. The normalized spacial score (nSPS) is 10.2. The maximum absolute atomic E-state index is 5.25. The first-order valence-corrected chi connectivity index (χ1v) is 6.58. The van der Waals surface area contributed by atoms with Crippen molar-refractivity contribution in [2.75, 3.05) is 7.11 Å². The Morgan fingerprint density at radius 2 is 1.40 bits per heavy atom. The van der Waals surface area contributed by atoms with Gasteiger partial charge in [0.2, 0.25) is 0 Å². The van der Waals surface area contributed by atoms with Crippen molar-refractivity contribution in [2.45, 2.75) is 0 Å². The third-order valence-corrected chi connectivity index (χ3v) is 3.31. The van der Waals surface area contributed by atoms with Crippen LogP contribution in [-0.2, 0) is 0 Å². The minimum absolute atomic E-state index is 0.853. The van der Waals surface area contributed by atoms with Gasteiger partial charge in [0.25, 0.3) is 0 Å². The second kappa shape index (κ2) is 5.62. The molecule has 0 saturated carbocycles. The third-order valence-electron chi connectivity index (χ3n) is 3.31. The van der Waals surface area contributed by atoms with Crippen molar-refractivity contribution in [2.24, 2.45) is 0 Å². The van der Waals surface area contributed by atoms with E-state index in [0.717, 1.165) is 16.9 Å². The predicted octanol–water partition coefficient (Wildman–Crippen LogP) is 4.83. The first kappa shape index (κ1) is 12.5. The zero-order valence-corrected chi connectivity index (χ0v) is 11.3. The SMILES string of the molecule is COc1cc[c]c(-c2ccc(-c3ccccc3)cc2)c1. The molecule has 3 rings (SSSR count). The van der Waals surface area contributed by atoms with Gasteiger partial charge in [-0.25, -0.2) is 0 Å². The topological polar surface area (TPSA) is 9.23 Å². The van der Waals surface area contributed by atoms with Gasteiger partial charge in [-0.15, -0.1) is 0 Å². The van der Waals surface area contributed by atoms with Crippen LogP contribution in [0.15, 0.2) is 72.8 Å². The van der Waals surface area contributed by atoms with E-state index in [0.29, 0.717) is 0 Å². The zero-order chi connectivity index (χ0) is 13.8. The summed E-state index contributed by atoms with van der Waals surface area (Å²) in [5, 5.41) is 0. The highest BCUT2D eigenvalue weighted by Crippen LogP contribution is 2.26. The molecular formula is C19H15O. The number of benzene rings is 3. The molecule has 20 heavy (non-hydrogen) atoms. The van der Waals surface area contributed by atoms with E-state index in [2.05, 4.69) is 54.6 Å². The van der Waals surface area contributed by atoms with Crippen molar-refractivity contribution in [3.63, 3.8) is 0 Å². The Bertz CT molecular complexity index is 684. The second-order valence-electron chi connectivity index (χ2n) is 4.59. The first-order valence-electron chi connectivity index (χ1n) is 6.58. The summed E-state index contributed by atoms with van der Waals surface area (Å²) in [6.07, 6.45) is 0. The van der Waals surface area contributed by atoms with E-state index in [1.54, 1.807) is 7.11 Å². The minimum atomic E-state index is 0.853. The Morgan fingerprint density at radius 3 is 2.10 bits per heavy atom. The maximum atomic E-state index is 5.25. The van der Waals surface area contributed by atoms with Crippen molar-refractivity contribution < 1.29 is 4.74 Å². The summed E-state index contributed by atoms with van der Waals surface area (Å²) >= 11 is 0. The predicted molar refractivity (Wildman–Crippen MR) is 82.7 cm³/mol. The Morgan fingerprint density at radius 1 is 0.750 bits per heavy atom. The standard InChI is InChI=1S/C19H15O/c1-20-19-9-5-8-18(14-19)17-12-10-16(11-13-17)15-6-3-2-4-7-15/h2-7,9-14H,1H3. The van der Waals surface area contributed by atoms with Crippen LogP contribution in [0.2, 0.25) is 0 Å². The van der Waals surface area contributed by atoms with E-state index in [9.17, 15) is 0 Å². The highest BCUT2D eigenvalue weighted by atomic mass is 16.5. The molecule has 97 valence electrons. The summed E-state index contributed by atoms with van der Waals surface area (Å²) in [6, 6.07) is 27.9. The van der Waals surface area contributed by atoms with Gasteiger partial charge in [-0.3, -0.25) is 0 Å². The Hall–Kier alpha value is -2.54. The molecule has 3 aromatic rings. The molecule has 1 radical (unpaired) electrons. The van der Waals surface area contributed by atoms with E-state index in [1.807, 2.05) is 24.3 Å². The molecule has 0 N–H and O–H groups in total. The number of hydrogen-bond acceptors (Lipinski definition) is 1. The molecule has 0 bridgehead atoms. The van der Waals surface area contributed by atoms with Gasteiger partial charge in [0.05, 0.1) is 7.11 Å². The van der Waals surface area contributed by atoms with E-state index in [4.69, 9.17) is 4.74 Å². The van der Waals surface area contributed by atoms with Crippen molar-refractivity contribution >= 4 is 0 Å². The van der Waals surface area contributed by atoms with Crippen molar-refractivity contribution in [1.82, 2.24) is 0 Å². The largest absolute Gasteiger partial charge is 0.497 e. The fraction of sp³-hybridized carbons (Fsp3) is 0.0526. The lowest BCUT2D eigenvalue weighted by Gasteiger charge is -2.06. The van der Waals surface area contributed by atoms with Crippen molar-refractivity contribution in [3.8, 4) is 28.0 Å². The lowest BCUT2D eigenvalue weighted by atomic mass is 10.0. The van der Waals surface area contributed by atoms with Crippen LogP contribution in [-0.4, -0.2) is 7.11 Å². The van der Waals surface area contributed by atoms with Gasteiger partial charge in [0.15, 0.2) is 0 Å². The van der Waals surface area contributed by atoms with Crippen LogP contribution in [0, 0.1) is 6.07 Å². The van der Waals surface area contributed by atoms with Gasteiger partial charge >= 0.3 is 0 Å². The van der Waals surface area contributed by atoms with Crippen LogP contribution in [0.5, 0.6) is 5.75 Å². The number of ether oxygens (including phenoxy) is 1. The molecule has 0 aliphatic carbocycles. The summed E-state index contributed by atoms with van der Waals surface area (Å²) in [7, 11) is 1.68. The highest BCUT2D eigenvalue weighted by molar-refractivity contribution is 5.70. The number of methoxy groups -OCH3 is 1. The van der Waals surface area contributed by atoms with Gasteiger partial charge in [-0.1, -0.05) is 60.7 Å². The van der Waals surface area contributed by atoms with Crippen molar-refractivity contribution in [3.05, 3.63) is 78.9 Å². The molecule has 0 atom stereocenters. The molecule has 0 unspecified atom stereocenters. The molecule has 1 nitrogen and oxygen atoms in total. The molecule has 0 aliphatic heterocycles. The van der Waals surface area contributed by atoms with Crippen LogP contribution < -0.4 is 4.74 Å². The first-order chi connectivity index (χ1) is 9.86. The van der Waals surface area contributed by atoms with Gasteiger partial charge in [-0.05, 0) is 40.5 Å². The zero-order valence-electron chi connectivity index (χ0n) is 11.3. The smallest absolute Gasteiger partial charge is 0.119 e. The number of rotatable bonds is 3. The molecule has 0 spiro atoms. The molecule has 0 heterocycles. The Kier molecular flexibility index (Phi) is 3.51. The summed E-state index contributed by atoms with van der Waals surface area (Å²) in [5.41, 5.74) is 4.64. The van der Waals surface area contributed by atoms with E-state index >= 15 is 0 Å². The molecule has 1 heteroatoms.